The predicted octanol–water partition coefficient (Wildman–Crippen LogP) is 4.91. The Kier molecular flexibility index (Phi) is 10.8. The van der Waals surface area contributed by atoms with Crippen molar-refractivity contribution in [3.63, 3.8) is 0 Å². The second kappa shape index (κ2) is 14.5. The first-order chi connectivity index (χ1) is 21.0. The molecule has 0 radical (unpaired) electrons. The molecule has 3 aromatic carbocycles. The number of carbonyl (C=O) groups excluding carboxylic acids is 1. The van der Waals surface area contributed by atoms with Crippen molar-refractivity contribution in [2.24, 2.45) is 0 Å². The number of methoxy groups -OCH3 is 2. The van der Waals surface area contributed by atoms with Gasteiger partial charge in [-0.2, -0.15) is 4.31 Å². The Bertz CT molecular complexity index is 1580. The number of benzene rings is 3. The molecule has 0 spiro atoms. The number of ether oxygens (including phenoxy) is 4. The molecule has 1 aliphatic rings. The fourth-order valence-electron chi connectivity index (χ4n) is 5.04. The van der Waals surface area contributed by atoms with Crippen LogP contribution in [0.4, 0.5) is 8.78 Å². The molecule has 10 nitrogen and oxygen atoms in total. The summed E-state index contributed by atoms with van der Waals surface area (Å²) in [6, 6.07) is 12.6. The van der Waals surface area contributed by atoms with E-state index in [9.17, 15) is 26.8 Å². The maximum atomic E-state index is 13.9. The number of carbonyl (C=O) groups is 2. The van der Waals surface area contributed by atoms with Gasteiger partial charge in [0.05, 0.1) is 19.1 Å². The van der Waals surface area contributed by atoms with Crippen molar-refractivity contribution in [2.75, 3.05) is 27.4 Å². The lowest BCUT2D eigenvalue weighted by Gasteiger charge is -2.34. The van der Waals surface area contributed by atoms with Crippen LogP contribution < -0.4 is 14.2 Å². The Hall–Kier alpha value is -4.23. The van der Waals surface area contributed by atoms with Gasteiger partial charge in [-0.05, 0) is 79.6 Å². The van der Waals surface area contributed by atoms with Gasteiger partial charge in [0.2, 0.25) is 10.0 Å². The lowest BCUT2D eigenvalue weighted by atomic mass is 10.00. The van der Waals surface area contributed by atoms with Crippen LogP contribution in [0.3, 0.4) is 0 Å². The standard InChI is InChI=1S/C31H33F2NO9S/c1-40-28-12-10-20(14-29(28)41-2)9-11-27(21-6-5-7-24(15-21)42-19-30(35)36)43-31(37)26-8-3-4-13-34(26)44(38,39)25-17-22(32)16-23(33)18-25/h5-7,10,12,14-18,26-27H,3-4,8-9,11,13,19H2,1-2H3,(H,35,36)/t26?,27-/m1/s1. The number of piperidine rings is 1. The smallest absolute Gasteiger partial charge is 0.341 e. The molecule has 1 unspecified atom stereocenters. The van der Waals surface area contributed by atoms with Gasteiger partial charge >= 0.3 is 11.9 Å². The molecule has 3 aromatic rings. The quantitative estimate of drug-likeness (QED) is 0.261. The molecule has 0 aliphatic carbocycles. The first-order valence-corrected chi connectivity index (χ1v) is 15.3. The number of carboxylic acids is 1. The number of sulfonamides is 1. The molecule has 0 bridgehead atoms. The highest BCUT2D eigenvalue weighted by molar-refractivity contribution is 7.89. The maximum absolute atomic E-state index is 13.9. The van der Waals surface area contributed by atoms with Gasteiger partial charge in [0.25, 0.3) is 0 Å². The Labute approximate surface area is 254 Å². The van der Waals surface area contributed by atoms with E-state index in [0.717, 1.165) is 9.87 Å². The zero-order chi connectivity index (χ0) is 31.9. The average molecular weight is 634 g/mol. The topological polar surface area (TPSA) is 129 Å². The fraction of sp³-hybridized carbons (Fsp3) is 0.355. The molecule has 1 saturated heterocycles. The summed E-state index contributed by atoms with van der Waals surface area (Å²) in [6.45, 7) is -0.607. The van der Waals surface area contributed by atoms with Crippen molar-refractivity contribution in [1.82, 2.24) is 4.31 Å². The lowest BCUT2D eigenvalue weighted by molar-refractivity contribution is -0.155. The minimum absolute atomic E-state index is 0.0327. The van der Waals surface area contributed by atoms with Gasteiger partial charge in [0.1, 0.15) is 29.5 Å². The van der Waals surface area contributed by atoms with Crippen molar-refractivity contribution in [2.45, 2.75) is 49.1 Å². The first kappa shape index (κ1) is 32.7. The van der Waals surface area contributed by atoms with Gasteiger partial charge < -0.3 is 24.1 Å². The van der Waals surface area contributed by atoms with Crippen LogP contribution in [0.1, 0.15) is 42.9 Å². The summed E-state index contributed by atoms with van der Waals surface area (Å²) < 4.78 is 77.6. The van der Waals surface area contributed by atoms with E-state index >= 15 is 0 Å². The maximum Gasteiger partial charge on any atom is 0.341 e. The number of carboxylic acid groups (broad SMARTS) is 1. The third-order valence-corrected chi connectivity index (χ3v) is 9.05. The molecule has 0 aromatic heterocycles. The van der Waals surface area contributed by atoms with Crippen molar-refractivity contribution in [3.8, 4) is 17.2 Å². The van der Waals surface area contributed by atoms with E-state index in [1.54, 1.807) is 36.4 Å². The van der Waals surface area contributed by atoms with Crippen LogP contribution in [-0.4, -0.2) is 63.2 Å². The highest BCUT2D eigenvalue weighted by Crippen LogP contribution is 2.33. The molecular formula is C31H33F2NO9S. The lowest BCUT2D eigenvalue weighted by Crippen LogP contribution is -2.48. The molecule has 2 atom stereocenters. The average Bonchev–Trinajstić information content (AvgIpc) is 3.01. The van der Waals surface area contributed by atoms with Crippen LogP contribution >= 0.6 is 0 Å². The van der Waals surface area contributed by atoms with Gasteiger partial charge in [-0.25, -0.2) is 22.0 Å². The molecule has 1 N–H and O–H groups in total. The van der Waals surface area contributed by atoms with Crippen molar-refractivity contribution in [1.29, 1.82) is 0 Å². The van der Waals surface area contributed by atoms with E-state index in [1.165, 1.54) is 14.2 Å². The monoisotopic (exact) mass is 633 g/mol. The molecule has 1 heterocycles. The SMILES string of the molecule is COc1ccc(CC[C@@H](OC(=O)C2CCCCN2S(=O)(=O)c2cc(F)cc(F)c2)c2cccc(OCC(=O)O)c2)cc1OC. The number of rotatable bonds is 13. The summed E-state index contributed by atoms with van der Waals surface area (Å²) in [7, 11) is -1.41. The number of hydrogen-bond donors (Lipinski definition) is 1. The molecule has 0 amide bonds. The molecule has 1 fully saturated rings. The molecule has 0 saturated carbocycles. The number of hydrogen-bond acceptors (Lipinski definition) is 8. The van der Waals surface area contributed by atoms with Crippen LogP contribution in [0.5, 0.6) is 17.2 Å². The van der Waals surface area contributed by atoms with Crippen LogP contribution in [0.2, 0.25) is 0 Å². The van der Waals surface area contributed by atoms with E-state index in [1.807, 2.05) is 6.07 Å². The first-order valence-electron chi connectivity index (χ1n) is 13.9. The third kappa shape index (κ3) is 8.03. The number of nitrogens with zero attached hydrogens (tertiary/aromatic N) is 1. The summed E-state index contributed by atoms with van der Waals surface area (Å²) in [4.78, 5) is 24.1. The van der Waals surface area contributed by atoms with E-state index in [4.69, 9.17) is 24.1 Å². The van der Waals surface area contributed by atoms with E-state index in [2.05, 4.69) is 0 Å². The highest BCUT2D eigenvalue weighted by Gasteiger charge is 2.40. The molecular weight excluding hydrogens is 600 g/mol. The molecule has 1 aliphatic heterocycles. The van der Waals surface area contributed by atoms with E-state index in [-0.39, 0.29) is 25.1 Å². The van der Waals surface area contributed by atoms with Crippen molar-refractivity contribution in [3.05, 3.63) is 83.4 Å². The Morgan fingerprint density at radius 1 is 0.977 bits per heavy atom. The van der Waals surface area contributed by atoms with Gasteiger partial charge in [0, 0.05) is 12.6 Å². The zero-order valence-corrected chi connectivity index (χ0v) is 25.0. The number of halogens is 2. The van der Waals surface area contributed by atoms with Gasteiger partial charge in [-0.15, -0.1) is 0 Å². The van der Waals surface area contributed by atoms with Gasteiger partial charge in [0.15, 0.2) is 18.1 Å². The summed E-state index contributed by atoms with van der Waals surface area (Å²) in [5, 5.41) is 9.00. The number of aliphatic carboxylic acids is 1. The summed E-state index contributed by atoms with van der Waals surface area (Å²) in [5.74, 6) is -2.80. The van der Waals surface area contributed by atoms with Crippen LogP contribution in [0.25, 0.3) is 0 Å². The summed E-state index contributed by atoms with van der Waals surface area (Å²) in [5.41, 5.74) is 1.34. The second-order valence-electron chi connectivity index (χ2n) is 10.1. The van der Waals surface area contributed by atoms with Crippen LogP contribution in [0.15, 0.2) is 65.6 Å². The number of esters is 1. The molecule has 4 rings (SSSR count). The predicted molar refractivity (Wildman–Crippen MR) is 154 cm³/mol. The zero-order valence-electron chi connectivity index (χ0n) is 24.2. The van der Waals surface area contributed by atoms with Gasteiger partial charge in [-0.1, -0.05) is 18.2 Å². The fourth-order valence-corrected chi connectivity index (χ4v) is 6.73. The largest absolute Gasteiger partial charge is 0.493 e. The van der Waals surface area contributed by atoms with Crippen molar-refractivity contribution >= 4 is 22.0 Å². The Balaban J connectivity index is 1.62. The van der Waals surface area contributed by atoms with Crippen LogP contribution in [-0.2, 0) is 30.8 Å². The molecule has 44 heavy (non-hydrogen) atoms. The Morgan fingerprint density at radius 2 is 1.70 bits per heavy atom. The Morgan fingerprint density at radius 3 is 2.39 bits per heavy atom. The minimum Gasteiger partial charge on any atom is -0.493 e. The summed E-state index contributed by atoms with van der Waals surface area (Å²) in [6.07, 6.45) is 0.929. The molecule has 13 heteroatoms. The normalized spacial score (nSPS) is 16.1. The minimum atomic E-state index is -4.44. The van der Waals surface area contributed by atoms with Crippen LogP contribution in [0, 0.1) is 11.6 Å². The number of aryl methyl sites for hydroxylation is 1. The highest BCUT2D eigenvalue weighted by atomic mass is 32.2. The summed E-state index contributed by atoms with van der Waals surface area (Å²) >= 11 is 0. The van der Waals surface area contributed by atoms with E-state index in [0.29, 0.717) is 54.5 Å². The van der Waals surface area contributed by atoms with Gasteiger partial charge in [-0.3, -0.25) is 4.79 Å². The van der Waals surface area contributed by atoms with Crippen molar-refractivity contribution < 1.29 is 50.8 Å². The van der Waals surface area contributed by atoms with E-state index < -0.39 is 57.2 Å². The molecule has 236 valence electrons. The second-order valence-corrected chi connectivity index (χ2v) is 12.0. The third-order valence-electron chi connectivity index (χ3n) is 7.16.